The van der Waals surface area contributed by atoms with Gasteiger partial charge in [0.2, 0.25) is 0 Å². The minimum atomic E-state index is 0.967. The Kier molecular flexibility index (Phi) is 8.99. The number of fused-ring (bicyclic) bond motifs is 2. The quantitative estimate of drug-likeness (QED) is 0.163. The van der Waals surface area contributed by atoms with E-state index >= 15 is 0 Å². The maximum Gasteiger partial charge on any atom is -0.00933 e. The van der Waals surface area contributed by atoms with Gasteiger partial charge in [0, 0.05) is 0 Å². The zero-order valence-corrected chi connectivity index (χ0v) is 27.8. The van der Waals surface area contributed by atoms with Crippen LogP contribution in [0, 0.1) is 13.8 Å². The van der Waals surface area contributed by atoms with Gasteiger partial charge < -0.3 is 0 Å². The van der Waals surface area contributed by atoms with E-state index < -0.39 is 0 Å². The van der Waals surface area contributed by atoms with Crippen LogP contribution in [-0.4, -0.2) is 0 Å². The zero-order valence-electron chi connectivity index (χ0n) is 27.8. The van der Waals surface area contributed by atoms with Gasteiger partial charge in [-0.25, -0.2) is 0 Å². The van der Waals surface area contributed by atoms with E-state index in [1.54, 1.807) is 0 Å². The Hall–Kier alpha value is -5.72. The lowest BCUT2D eigenvalue weighted by Gasteiger charge is -2.16. The van der Waals surface area contributed by atoms with Crippen molar-refractivity contribution < 1.29 is 0 Å². The van der Waals surface area contributed by atoms with Gasteiger partial charge in [0.1, 0.15) is 0 Å². The maximum absolute atomic E-state index is 4.66. The molecule has 1 aliphatic rings. The van der Waals surface area contributed by atoms with E-state index in [1.807, 2.05) is 0 Å². The van der Waals surface area contributed by atoms with Gasteiger partial charge in [0.25, 0.3) is 0 Å². The van der Waals surface area contributed by atoms with Crippen LogP contribution in [0.1, 0.15) is 40.7 Å². The molecule has 0 aromatic heterocycles. The first-order valence-electron chi connectivity index (χ1n) is 16.8. The van der Waals surface area contributed by atoms with Crippen LogP contribution >= 0.6 is 0 Å². The third-order valence-electron chi connectivity index (χ3n) is 9.33. The van der Waals surface area contributed by atoms with Gasteiger partial charge in [-0.2, -0.15) is 0 Å². The molecule has 0 aliphatic heterocycles. The number of allylic oxidation sites excluding steroid dienone is 2. The van der Waals surface area contributed by atoms with Crippen molar-refractivity contribution in [1.82, 2.24) is 0 Å². The van der Waals surface area contributed by atoms with Gasteiger partial charge >= 0.3 is 0 Å². The Morgan fingerprint density at radius 1 is 0.562 bits per heavy atom. The normalized spacial score (nSPS) is 12.3. The molecule has 0 saturated carbocycles. The topological polar surface area (TPSA) is 0 Å². The average Bonchev–Trinajstić information content (AvgIpc) is 3.13. The zero-order chi connectivity index (χ0) is 32.9. The van der Waals surface area contributed by atoms with Crippen LogP contribution in [0.2, 0.25) is 0 Å². The molecular weight excluding hydrogens is 577 g/mol. The fourth-order valence-corrected chi connectivity index (χ4v) is 6.65. The van der Waals surface area contributed by atoms with Crippen molar-refractivity contribution in [2.24, 2.45) is 0 Å². The van der Waals surface area contributed by atoms with Crippen molar-refractivity contribution in [3.05, 3.63) is 203 Å². The van der Waals surface area contributed by atoms with Crippen molar-refractivity contribution in [2.75, 3.05) is 0 Å². The third-order valence-corrected chi connectivity index (χ3v) is 9.33. The van der Waals surface area contributed by atoms with Gasteiger partial charge in [-0.15, -0.1) is 0 Å². The highest BCUT2D eigenvalue weighted by Crippen LogP contribution is 2.34. The highest BCUT2D eigenvalue weighted by atomic mass is 14.2. The smallest absolute Gasteiger partial charge is 0.00933 e. The second-order valence-corrected chi connectivity index (χ2v) is 12.7. The lowest BCUT2D eigenvalue weighted by Crippen LogP contribution is -2.29. The molecule has 0 heteroatoms. The Morgan fingerprint density at radius 3 is 1.94 bits per heavy atom. The maximum atomic E-state index is 4.66. The number of benzene rings is 5. The summed E-state index contributed by atoms with van der Waals surface area (Å²) in [4.78, 5) is 0. The van der Waals surface area contributed by atoms with E-state index in [-0.39, 0.29) is 0 Å². The first-order chi connectivity index (χ1) is 23.5. The molecule has 0 fully saturated rings. The Bertz CT molecular complexity index is 2330. The van der Waals surface area contributed by atoms with Crippen LogP contribution in [0.3, 0.4) is 0 Å². The molecule has 0 unspecified atom stereocenters. The number of aryl methyl sites for hydroxylation is 2. The lowest BCUT2D eigenvalue weighted by molar-refractivity contribution is 1.08. The first-order valence-corrected chi connectivity index (χ1v) is 16.8. The van der Waals surface area contributed by atoms with E-state index in [1.165, 1.54) is 65.7 Å². The van der Waals surface area contributed by atoms with E-state index in [0.717, 1.165) is 29.5 Å². The second kappa shape index (κ2) is 14.0. The standard InChI is InChI=1S/C48H40/c1-34-19-25-39(26-20-34)38-14-9-17-43(36(3)23-24-37-11-5-4-6-12-37)48-33-42(40-27-21-35(2)22-28-40)30-32-47(48)46(31-29-38)45-18-10-15-41-13-7-8-16-44(41)45/h4-9,11-17,19-33H,3,10,18H2,1-2H3. The Labute approximate surface area is 284 Å². The van der Waals surface area contributed by atoms with Crippen LogP contribution in [0.25, 0.3) is 56.3 Å². The summed E-state index contributed by atoms with van der Waals surface area (Å²) in [5.74, 6) is 0. The van der Waals surface area contributed by atoms with Crippen LogP contribution in [0.5, 0.6) is 0 Å². The number of hydrogen-bond acceptors (Lipinski definition) is 0. The van der Waals surface area contributed by atoms with E-state index in [4.69, 9.17) is 0 Å². The van der Waals surface area contributed by atoms with Gasteiger partial charge in [-0.1, -0.05) is 182 Å². The second-order valence-electron chi connectivity index (χ2n) is 12.7. The summed E-state index contributed by atoms with van der Waals surface area (Å²) < 4.78 is 0. The molecule has 0 N–H and O–H groups in total. The Balaban J connectivity index is 1.58. The molecular formula is C48H40. The molecule has 232 valence electrons. The van der Waals surface area contributed by atoms with Crippen molar-refractivity contribution in [1.29, 1.82) is 0 Å². The minimum Gasteiger partial charge on any atom is -0.0911 e. The van der Waals surface area contributed by atoms with Crippen LogP contribution in [0.15, 0.2) is 164 Å². The molecule has 1 aliphatic carbocycles. The third kappa shape index (κ3) is 6.70. The lowest BCUT2D eigenvalue weighted by atomic mass is 9.88. The molecule has 0 spiro atoms. The molecule has 0 radical (unpaired) electrons. The molecule has 0 atom stereocenters. The molecule has 6 aromatic carbocycles. The molecule has 0 amide bonds. The summed E-state index contributed by atoms with van der Waals surface area (Å²) in [6, 6.07) is 55.2. The Morgan fingerprint density at radius 2 is 1.19 bits per heavy atom. The van der Waals surface area contributed by atoms with Crippen LogP contribution in [0.4, 0.5) is 0 Å². The molecule has 6 aromatic rings. The molecule has 0 saturated heterocycles. The van der Waals surface area contributed by atoms with Gasteiger partial charge in [-0.3, -0.25) is 0 Å². The monoisotopic (exact) mass is 616 g/mol. The number of hydrogen-bond donors (Lipinski definition) is 0. The number of rotatable bonds is 6. The fraction of sp³-hybridized carbons (Fsp3) is 0.0833. The summed E-state index contributed by atoms with van der Waals surface area (Å²) in [6.45, 7) is 8.93. The van der Waals surface area contributed by atoms with Gasteiger partial charge in [0.15, 0.2) is 0 Å². The summed E-state index contributed by atoms with van der Waals surface area (Å²) in [7, 11) is 0. The van der Waals surface area contributed by atoms with Crippen LogP contribution < -0.4 is 10.4 Å². The van der Waals surface area contributed by atoms with E-state index in [2.05, 4.69) is 190 Å². The largest absolute Gasteiger partial charge is 0.0911 e. The molecule has 0 bridgehead atoms. The predicted octanol–water partition coefficient (Wildman–Crippen LogP) is 11.4. The highest BCUT2D eigenvalue weighted by Gasteiger charge is 2.13. The van der Waals surface area contributed by atoms with Crippen molar-refractivity contribution >= 4 is 34.1 Å². The summed E-state index contributed by atoms with van der Waals surface area (Å²) in [5, 5.41) is 5.02. The SMILES string of the molecule is C=C(C=Cc1ccccc1)c1cccc(-c2ccc(C)cc2)ccc(C2=c3ccccc3=CCC2)c2ccc(-c3ccc(C)cc3)cc12. The van der Waals surface area contributed by atoms with E-state index in [0.29, 0.717) is 0 Å². The van der Waals surface area contributed by atoms with E-state index in [9.17, 15) is 0 Å². The minimum absolute atomic E-state index is 0.967. The van der Waals surface area contributed by atoms with Crippen LogP contribution in [-0.2, 0) is 0 Å². The highest BCUT2D eigenvalue weighted by molar-refractivity contribution is 6.02. The molecule has 48 heavy (non-hydrogen) atoms. The summed E-state index contributed by atoms with van der Waals surface area (Å²) in [6.07, 6.45) is 8.69. The first kappa shape index (κ1) is 30.9. The predicted molar refractivity (Wildman–Crippen MR) is 208 cm³/mol. The van der Waals surface area contributed by atoms with Gasteiger partial charge in [-0.05, 0) is 104 Å². The summed E-state index contributed by atoms with van der Waals surface area (Å²) in [5.41, 5.74) is 13.1. The van der Waals surface area contributed by atoms with Gasteiger partial charge in [0.05, 0.1) is 0 Å². The average molecular weight is 617 g/mol. The molecule has 7 rings (SSSR count). The summed E-state index contributed by atoms with van der Waals surface area (Å²) >= 11 is 0. The fourth-order valence-electron chi connectivity index (χ4n) is 6.65. The van der Waals surface area contributed by atoms with Crippen molar-refractivity contribution in [3.8, 4) is 22.3 Å². The van der Waals surface area contributed by atoms with Crippen molar-refractivity contribution in [2.45, 2.75) is 26.7 Å². The molecule has 0 heterocycles. The molecule has 0 nitrogen and oxygen atoms in total. The van der Waals surface area contributed by atoms with Crippen molar-refractivity contribution in [3.63, 3.8) is 0 Å².